The molecule has 0 saturated heterocycles. The van der Waals surface area contributed by atoms with Gasteiger partial charge in [-0.15, -0.1) is 0 Å². The third-order valence-electron chi connectivity index (χ3n) is 5.32. The van der Waals surface area contributed by atoms with Gasteiger partial charge in [0.2, 0.25) is 0 Å². The number of rotatable bonds is 6. The van der Waals surface area contributed by atoms with E-state index in [9.17, 15) is 4.79 Å². The largest absolute Gasteiger partial charge is 0.481 e. The molecule has 0 aromatic heterocycles. The molecule has 2 rings (SSSR count). The lowest BCUT2D eigenvalue weighted by Gasteiger charge is -2.33. The lowest BCUT2D eigenvalue weighted by Crippen LogP contribution is -2.29. The Morgan fingerprint density at radius 3 is 2.00 bits per heavy atom. The summed E-state index contributed by atoms with van der Waals surface area (Å²) in [6.45, 7) is 17.2. The molecular formula is C27H36O3Si. The van der Waals surface area contributed by atoms with E-state index in [1.807, 2.05) is 24.3 Å². The first-order valence-corrected chi connectivity index (χ1v) is 12.2. The lowest BCUT2D eigenvalue weighted by molar-refractivity contribution is -0.138. The van der Waals surface area contributed by atoms with Gasteiger partial charge in [0.1, 0.15) is 0 Å². The summed E-state index contributed by atoms with van der Waals surface area (Å²) in [5.41, 5.74) is 4.81. The molecule has 0 bridgehead atoms. The fraction of sp³-hybridized carbons (Fsp3) is 0.444. The highest BCUT2D eigenvalue weighted by Crippen LogP contribution is 2.34. The first-order chi connectivity index (χ1) is 14.3. The van der Waals surface area contributed by atoms with Crippen LogP contribution in [0.5, 0.6) is 0 Å². The Morgan fingerprint density at radius 2 is 1.48 bits per heavy atom. The van der Waals surface area contributed by atoms with Gasteiger partial charge in [-0.3, -0.25) is 4.79 Å². The molecule has 1 atom stereocenters. The minimum absolute atomic E-state index is 0.249. The van der Waals surface area contributed by atoms with E-state index in [0.29, 0.717) is 5.92 Å². The van der Waals surface area contributed by atoms with E-state index in [4.69, 9.17) is 9.53 Å². The quantitative estimate of drug-likeness (QED) is 0.449. The molecule has 166 valence electrons. The van der Waals surface area contributed by atoms with Crippen molar-refractivity contribution >= 4 is 15.7 Å². The molecule has 31 heavy (non-hydrogen) atoms. The zero-order chi connectivity index (χ0) is 23.4. The van der Waals surface area contributed by atoms with Crippen molar-refractivity contribution in [1.29, 1.82) is 0 Å². The van der Waals surface area contributed by atoms with Crippen LogP contribution < -0.4 is 0 Å². The Morgan fingerprint density at radius 1 is 0.935 bits per heavy atom. The monoisotopic (exact) mass is 436 g/mol. The summed E-state index contributed by atoms with van der Waals surface area (Å²) in [7, 11) is -0.672. The third kappa shape index (κ3) is 7.09. The molecule has 4 heteroatoms. The van der Waals surface area contributed by atoms with Crippen molar-refractivity contribution in [2.45, 2.75) is 77.9 Å². The first-order valence-electron chi connectivity index (χ1n) is 10.9. The summed E-state index contributed by atoms with van der Waals surface area (Å²) in [5.74, 6) is 5.50. The summed E-state index contributed by atoms with van der Waals surface area (Å²) in [5, 5.41) is 9.39. The summed E-state index contributed by atoms with van der Waals surface area (Å²) >= 11 is 0. The molecule has 3 nitrogen and oxygen atoms in total. The van der Waals surface area contributed by atoms with E-state index in [0.717, 1.165) is 16.7 Å². The number of benzene rings is 2. The Hall–Kier alpha value is -2.35. The van der Waals surface area contributed by atoms with Crippen LogP contribution in [0.3, 0.4) is 0 Å². The number of hydrogen-bond acceptors (Lipinski definition) is 2. The highest BCUT2D eigenvalue weighted by atomic mass is 28.2. The van der Waals surface area contributed by atoms with Crippen LogP contribution in [0.4, 0.5) is 0 Å². The minimum atomic E-state index is -0.822. The number of aliphatic carboxylic acids is 1. The highest BCUT2D eigenvalue weighted by molar-refractivity contribution is 6.31. The van der Waals surface area contributed by atoms with Crippen LogP contribution in [0.2, 0.25) is 5.04 Å². The van der Waals surface area contributed by atoms with Gasteiger partial charge in [0.05, 0.1) is 11.5 Å². The maximum Gasteiger partial charge on any atom is 0.310 e. The fourth-order valence-corrected chi connectivity index (χ4v) is 4.23. The molecule has 1 N–H and O–H groups in total. The Labute approximate surface area is 190 Å². The summed E-state index contributed by atoms with van der Waals surface area (Å²) in [6, 6.07) is 13.8. The van der Waals surface area contributed by atoms with Crippen LogP contribution in [0.15, 0.2) is 42.5 Å². The molecule has 1 unspecified atom stereocenters. The zero-order valence-electron chi connectivity index (χ0n) is 20.2. The average molecular weight is 437 g/mol. The van der Waals surface area contributed by atoms with Crippen LogP contribution >= 0.6 is 0 Å². The van der Waals surface area contributed by atoms with Crippen LogP contribution in [0.1, 0.15) is 95.0 Å². The van der Waals surface area contributed by atoms with Crippen molar-refractivity contribution in [3.63, 3.8) is 0 Å². The van der Waals surface area contributed by atoms with Gasteiger partial charge in [0.15, 0.2) is 9.76 Å². The summed E-state index contributed by atoms with van der Waals surface area (Å²) in [4.78, 5) is 11.1. The van der Waals surface area contributed by atoms with Gasteiger partial charge < -0.3 is 9.53 Å². The van der Waals surface area contributed by atoms with E-state index in [1.54, 1.807) is 6.92 Å². The second-order valence-corrected chi connectivity index (χ2v) is 12.9. The predicted octanol–water partition coefficient (Wildman–Crippen LogP) is 5.95. The van der Waals surface area contributed by atoms with Crippen molar-refractivity contribution in [2.75, 3.05) is 0 Å². The molecule has 2 aromatic rings. The van der Waals surface area contributed by atoms with E-state index in [2.05, 4.69) is 78.5 Å². The maximum absolute atomic E-state index is 11.1. The number of carboxylic acid groups (broad SMARTS) is 1. The first kappa shape index (κ1) is 24.9. The van der Waals surface area contributed by atoms with E-state index in [-0.39, 0.29) is 10.6 Å². The van der Waals surface area contributed by atoms with Gasteiger partial charge in [-0.25, -0.2) is 0 Å². The number of carboxylic acids is 1. The lowest BCUT2D eigenvalue weighted by atomic mass is 9.87. The van der Waals surface area contributed by atoms with E-state index < -0.39 is 21.7 Å². The third-order valence-corrected chi connectivity index (χ3v) is 7.05. The highest BCUT2D eigenvalue weighted by Gasteiger charge is 2.27. The molecule has 2 aromatic carbocycles. The van der Waals surface area contributed by atoms with Crippen molar-refractivity contribution in [1.82, 2.24) is 0 Å². The molecule has 0 aliphatic rings. The Kier molecular flexibility index (Phi) is 7.91. The van der Waals surface area contributed by atoms with Crippen LogP contribution in [0.25, 0.3) is 0 Å². The molecule has 0 spiro atoms. The van der Waals surface area contributed by atoms with Crippen LogP contribution in [-0.2, 0) is 14.8 Å². The topological polar surface area (TPSA) is 46.5 Å². The maximum atomic E-state index is 11.1. The van der Waals surface area contributed by atoms with Crippen molar-refractivity contribution in [2.24, 2.45) is 0 Å². The van der Waals surface area contributed by atoms with Gasteiger partial charge >= 0.3 is 5.97 Å². The smallest absolute Gasteiger partial charge is 0.310 e. The van der Waals surface area contributed by atoms with E-state index in [1.165, 1.54) is 11.1 Å². The van der Waals surface area contributed by atoms with Crippen LogP contribution in [0, 0.1) is 11.8 Å². The van der Waals surface area contributed by atoms with Gasteiger partial charge in [-0.2, -0.15) is 0 Å². The Bertz CT molecular complexity index is 970. The summed E-state index contributed by atoms with van der Waals surface area (Å²) in [6.07, 6.45) is 0. The Balaban J connectivity index is 2.29. The number of carbonyl (C=O) groups is 1. The van der Waals surface area contributed by atoms with Gasteiger partial charge in [-0.05, 0) is 72.7 Å². The van der Waals surface area contributed by atoms with Crippen molar-refractivity contribution < 1.29 is 14.3 Å². The second-order valence-electron chi connectivity index (χ2n) is 10.2. The number of hydrogen-bond donors (Lipinski definition) is 1. The molecular weight excluding hydrogens is 400 g/mol. The zero-order valence-corrected chi connectivity index (χ0v) is 21.6. The van der Waals surface area contributed by atoms with Gasteiger partial charge in [0, 0.05) is 11.1 Å². The fourth-order valence-electron chi connectivity index (χ4n) is 3.28. The van der Waals surface area contributed by atoms with Gasteiger partial charge in [-0.1, -0.05) is 64.7 Å². The standard InChI is InChI=1S/C27H36O3Si/c1-18(2)23-17-21(13-16-24(23)27(7,8)30-31-26(4,5)6)10-9-20-11-14-22(15-12-20)19(3)25(28)29/h11-19H,31H2,1-8H3,(H,28,29). The molecule has 0 saturated carbocycles. The molecule has 0 aliphatic carbocycles. The van der Waals surface area contributed by atoms with Crippen molar-refractivity contribution in [3.05, 3.63) is 70.3 Å². The normalized spacial score (nSPS) is 13.3. The molecule has 0 fully saturated rings. The van der Waals surface area contributed by atoms with Crippen LogP contribution in [-0.4, -0.2) is 20.8 Å². The molecule has 0 amide bonds. The molecule has 0 aliphatic heterocycles. The summed E-state index contributed by atoms with van der Waals surface area (Å²) < 4.78 is 6.45. The molecule has 0 heterocycles. The molecule has 0 radical (unpaired) electrons. The van der Waals surface area contributed by atoms with Gasteiger partial charge in [0.25, 0.3) is 0 Å². The van der Waals surface area contributed by atoms with Crippen molar-refractivity contribution in [3.8, 4) is 11.8 Å². The minimum Gasteiger partial charge on any atom is -0.481 e. The second kappa shape index (κ2) is 9.85. The SMILES string of the molecule is CC(C)c1cc(C#Cc2ccc(C(C)C(=O)O)cc2)ccc1C(C)(C)O[SiH2]C(C)(C)C. The average Bonchev–Trinajstić information content (AvgIpc) is 2.70. The predicted molar refractivity (Wildman–Crippen MR) is 131 cm³/mol. The van der Waals surface area contributed by atoms with E-state index >= 15 is 0 Å².